The molecular weight excluding hydrogens is 135 g/mol. The summed E-state index contributed by atoms with van der Waals surface area (Å²) in [5.41, 5.74) is 0. The first-order valence-corrected chi connectivity index (χ1v) is 0.548. The summed E-state index contributed by atoms with van der Waals surface area (Å²) < 4.78 is 0. The van der Waals surface area contributed by atoms with Crippen LogP contribution >= 0.6 is 0 Å². The van der Waals surface area contributed by atoms with Gasteiger partial charge >= 0.3 is 0 Å². The predicted octanol–water partition coefficient (Wildman–Crippen LogP) is -0.0796. The summed E-state index contributed by atoms with van der Waals surface area (Å²) in [7, 11) is 0. The van der Waals surface area contributed by atoms with Gasteiger partial charge in [0.05, 0.1) is 5.09 Å². The van der Waals surface area contributed by atoms with Crippen LogP contribution in [0.2, 0.25) is 0 Å². The minimum Gasteiger partial charge on any atom is -0.356 e. The van der Waals surface area contributed by atoms with Gasteiger partial charge in [0, 0.05) is 16.8 Å². The van der Waals surface area contributed by atoms with Crippen LogP contribution < -0.4 is 6.15 Å². The van der Waals surface area contributed by atoms with Gasteiger partial charge in [-0.05, 0) is 0 Å². The summed E-state index contributed by atoms with van der Waals surface area (Å²) in [5.74, 6) is 0. The Balaban J connectivity index is -0.0000000450. The van der Waals surface area contributed by atoms with Gasteiger partial charge in [-0.3, -0.25) is 0 Å². The molecule has 0 aliphatic rings. The van der Waals surface area contributed by atoms with Gasteiger partial charge in [-0.15, -0.1) is 0 Å². The largest absolute Gasteiger partial charge is 0.356 e. The molecule has 0 aliphatic carbocycles. The van der Waals surface area contributed by atoms with Crippen LogP contribution in [-0.2, 0) is 16.8 Å². The van der Waals surface area contributed by atoms with Crippen LogP contribution in [0.25, 0.3) is 0 Å². The zero-order valence-corrected chi connectivity index (χ0v) is 3.75. The van der Waals surface area contributed by atoms with E-state index in [0.717, 1.165) is 0 Å². The maximum atomic E-state index is 8.25. The molecule has 0 amide bonds. The Bertz CT molecular complexity index is 31.8. The maximum Gasteiger partial charge on any atom is 0.0689 e. The second-order valence-electron chi connectivity index (χ2n) is 0.224. The third-order valence-corrected chi connectivity index (χ3v) is 0. The summed E-state index contributed by atoms with van der Waals surface area (Å²) in [6, 6.07) is 0. The van der Waals surface area contributed by atoms with Crippen LogP contribution in [0.1, 0.15) is 0 Å². The molecule has 0 bridgehead atoms. The van der Waals surface area contributed by atoms with Crippen molar-refractivity contribution < 1.29 is 21.9 Å². The van der Waals surface area contributed by atoms with E-state index in [4.69, 9.17) is 15.3 Å². The minimum absolute atomic E-state index is 0. The molecule has 0 aromatic heterocycles. The first-order chi connectivity index (χ1) is 1.73. The molecule has 0 spiro atoms. The molecule has 6 heavy (non-hydrogen) atoms. The Morgan fingerprint density at radius 3 is 1.33 bits per heavy atom. The van der Waals surface area contributed by atoms with E-state index in [1.807, 2.05) is 0 Å². The van der Waals surface area contributed by atoms with Crippen molar-refractivity contribution >= 4 is 0 Å². The zero-order chi connectivity index (χ0) is 3.58. The van der Waals surface area contributed by atoms with E-state index in [0.29, 0.717) is 0 Å². The van der Waals surface area contributed by atoms with Crippen molar-refractivity contribution in [1.29, 1.82) is 0 Å². The van der Waals surface area contributed by atoms with Crippen LogP contribution in [-0.4, -0.2) is 5.09 Å². The monoisotopic (exact) mass is 138 g/mol. The molecule has 0 aliphatic heterocycles. The van der Waals surface area contributed by atoms with E-state index in [2.05, 4.69) is 0 Å². The van der Waals surface area contributed by atoms with E-state index in [1.165, 1.54) is 0 Å². The molecule has 0 saturated carbocycles. The molecule has 0 atom stereocenters. The van der Waals surface area contributed by atoms with E-state index in [9.17, 15) is 0 Å². The Hall–Kier alpha value is -0.334. The summed E-state index contributed by atoms with van der Waals surface area (Å²) in [6.07, 6.45) is 0. The summed E-state index contributed by atoms with van der Waals surface area (Å²) >= 11 is 0. The Morgan fingerprint density at radius 2 is 1.33 bits per heavy atom. The molecule has 0 aromatic carbocycles. The van der Waals surface area contributed by atoms with Gasteiger partial charge in [0.1, 0.15) is 0 Å². The van der Waals surface area contributed by atoms with Gasteiger partial charge in [-0.1, -0.05) is 0 Å². The summed E-state index contributed by atoms with van der Waals surface area (Å²) in [6.45, 7) is 0. The second-order valence-corrected chi connectivity index (χ2v) is 0.224. The quantitative estimate of drug-likeness (QED) is 0.373. The van der Waals surface area contributed by atoms with Crippen LogP contribution in [0, 0.1) is 15.3 Å². The smallest absolute Gasteiger partial charge is 0.0689 e. The standard InChI is InChI=1S/Co.NO3.H3N/c;2-1(3)4;/h;;1H3/q;-1;. The molecule has 3 N–H and O–H groups in total. The van der Waals surface area contributed by atoms with Crippen LogP contribution in [0.5, 0.6) is 0 Å². The van der Waals surface area contributed by atoms with Crippen LogP contribution in [0.15, 0.2) is 0 Å². The summed E-state index contributed by atoms with van der Waals surface area (Å²) in [5, 5.41) is 14.8. The normalized spacial score (nSPS) is 4.00. The van der Waals surface area contributed by atoms with Crippen molar-refractivity contribution in [3.8, 4) is 0 Å². The number of hydrogen-bond donors (Lipinski definition) is 1. The van der Waals surface area contributed by atoms with Gasteiger partial charge in [-0.2, -0.15) is 0 Å². The Morgan fingerprint density at radius 1 is 1.33 bits per heavy atom. The molecular formula is H3CoN2O3-. The number of hydrogen-bond acceptors (Lipinski definition) is 4. The first-order valence-electron chi connectivity index (χ1n) is 0.548. The molecule has 0 unspecified atom stereocenters. The fourth-order valence-corrected chi connectivity index (χ4v) is 0. The number of rotatable bonds is 0. The SMILES string of the molecule is N.O=[N+]([O-])[O-].[Co]. The van der Waals surface area contributed by atoms with E-state index >= 15 is 0 Å². The van der Waals surface area contributed by atoms with Crippen molar-refractivity contribution in [3.63, 3.8) is 0 Å². The fourth-order valence-electron chi connectivity index (χ4n) is 0. The third-order valence-electron chi connectivity index (χ3n) is 0. The van der Waals surface area contributed by atoms with E-state index in [-0.39, 0.29) is 22.9 Å². The Kier molecular flexibility index (Phi) is 25.5. The average molecular weight is 138 g/mol. The van der Waals surface area contributed by atoms with Gasteiger partial charge in [0.2, 0.25) is 0 Å². The van der Waals surface area contributed by atoms with Crippen molar-refractivity contribution in [1.82, 2.24) is 6.15 Å². The predicted molar refractivity (Wildman–Crippen MR) is 15.4 cm³/mol. The average Bonchev–Trinajstić information content (AvgIpc) is 0.811. The van der Waals surface area contributed by atoms with Crippen molar-refractivity contribution in [2.45, 2.75) is 0 Å². The van der Waals surface area contributed by atoms with Crippen molar-refractivity contribution in [2.24, 2.45) is 0 Å². The molecule has 0 rings (SSSR count). The third kappa shape index (κ3) is 234. The maximum absolute atomic E-state index is 8.25. The van der Waals surface area contributed by atoms with Crippen LogP contribution in [0.4, 0.5) is 0 Å². The minimum atomic E-state index is -1.75. The Labute approximate surface area is 44.2 Å². The van der Waals surface area contributed by atoms with Gasteiger partial charge < -0.3 is 21.5 Å². The second kappa shape index (κ2) is 8.82. The molecule has 0 saturated heterocycles. The zero-order valence-electron chi connectivity index (χ0n) is 2.71. The molecule has 41 valence electrons. The van der Waals surface area contributed by atoms with Gasteiger partial charge in [-0.25, -0.2) is 0 Å². The van der Waals surface area contributed by atoms with Crippen LogP contribution in [0.3, 0.4) is 0 Å². The molecule has 6 heteroatoms. The van der Waals surface area contributed by atoms with Crippen molar-refractivity contribution in [2.75, 3.05) is 0 Å². The number of nitrogens with zero attached hydrogens (tertiary/aromatic N) is 1. The molecule has 0 fully saturated rings. The fraction of sp³-hybridized carbons (Fsp3) is 0. The summed E-state index contributed by atoms with van der Waals surface area (Å²) in [4.78, 5) is 8.25. The molecule has 0 heterocycles. The topological polar surface area (TPSA) is 101 Å². The molecule has 1 radical (unpaired) electrons. The molecule has 0 aromatic rings. The van der Waals surface area contributed by atoms with Gasteiger partial charge in [0.15, 0.2) is 0 Å². The van der Waals surface area contributed by atoms with Gasteiger partial charge in [0.25, 0.3) is 0 Å². The van der Waals surface area contributed by atoms with Crippen molar-refractivity contribution in [3.05, 3.63) is 15.3 Å². The first kappa shape index (κ1) is 17.4. The van der Waals surface area contributed by atoms with E-state index < -0.39 is 5.09 Å². The molecule has 5 nitrogen and oxygen atoms in total. The van der Waals surface area contributed by atoms with E-state index in [1.54, 1.807) is 0 Å².